The van der Waals surface area contributed by atoms with Crippen LogP contribution in [-0.2, 0) is 5.41 Å². The third-order valence-corrected chi connectivity index (χ3v) is 5.35. The van der Waals surface area contributed by atoms with Crippen molar-refractivity contribution in [1.29, 1.82) is 0 Å². The van der Waals surface area contributed by atoms with Crippen LogP contribution in [0.15, 0.2) is 66.9 Å². The SMILES string of the molecule is COc1cccc(-n2nc(C(C)(C)C)cc2N(C(N)=O)c2ccc(Oc3ccnc(N)c3)cc2F)c1. The van der Waals surface area contributed by atoms with Gasteiger partial charge in [0, 0.05) is 35.9 Å². The fraction of sp³-hybridized carbons (Fsp3) is 0.192. The predicted octanol–water partition coefficient (Wildman–Crippen LogP) is 5.30. The maximum Gasteiger partial charge on any atom is 0.325 e. The molecule has 0 atom stereocenters. The Labute approximate surface area is 208 Å². The van der Waals surface area contributed by atoms with E-state index in [-0.39, 0.29) is 28.5 Å². The van der Waals surface area contributed by atoms with E-state index in [1.54, 1.807) is 43.5 Å². The first kappa shape index (κ1) is 24.5. The number of nitrogens with two attached hydrogens (primary N) is 2. The van der Waals surface area contributed by atoms with Gasteiger partial charge in [0.05, 0.1) is 24.2 Å². The summed E-state index contributed by atoms with van der Waals surface area (Å²) in [5.41, 5.74) is 12.3. The van der Waals surface area contributed by atoms with Gasteiger partial charge in [0.1, 0.15) is 28.9 Å². The van der Waals surface area contributed by atoms with Crippen molar-refractivity contribution in [3.05, 3.63) is 78.4 Å². The number of primary amides is 1. The van der Waals surface area contributed by atoms with Crippen molar-refractivity contribution in [3.63, 3.8) is 0 Å². The van der Waals surface area contributed by atoms with Gasteiger partial charge in [-0.3, -0.25) is 0 Å². The van der Waals surface area contributed by atoms with Gasteiger partial charge in [0.15, 0.2) is 5.82 Å². The molecule has 9 nitrogen and oxygen atoms in total. The average Bonchev–Trinajstić information content (AvgIpc) is 3.26. The van der Waals surface area contributed by atoms with E-state index in [2.05, 4.69) is 4.98 Å². The van der Waals surface area contributed by atoms with Crippen LogP contribution in [0.3, 0.4) is 0 Å². The number of halogens is 1. The zero-order valence-electron chi connectivity index (χ0n) is 20.4. The number of carbonyl (C=O) groups is 1. The molecular formula is C26H27FN6O3. The van der Waals surface area contributed by atoms with Gasteiger partial charge in [0.2, 0.25) is 0 Å². The van der Waals surface area contributed by atoms with E-state index in [4.69, 9.17) is 26.0 Å². The second-order valence-electron chi connectivity index (χ2n) is 9.06. The molecule has 186 valence electrons. The summed E-state index contributed by atoms with van der Waals surface area (Å²) in [5.74, 6) is 1.03. The summed E-state index contributed by atoms with van der Waals surface area (Å²) in [7, 11) is 1.55. The third-order valence-electron chi connectivity index (χ3n) is 5.35. The van der Waals surface area contributed by atoms with E-state index in [9.17, 15) is 4.79 Å². The standard InChI is InChI=1S/C26H27FN6O3/c1-26(2,3)22-15-24(33(31-22)16-6-5-7-17(12-16)35-4)32(25(29)34)21-9-8-18(13-20(21)27)36-19-10-11-30-23(28)14-19/h5-15H,1-4H3,(H2,28,30)(H2,29,34). The molecule has 36 heavy (non-hydrogen) atoms. The molecule has 0 unspecified atom stereocenters. The molecule has 0 bridgehead atoms. The number of methoxy groups -OCH3 is 1. The van der Waals surface area contributed by atoms with Gasteiger partial charge >= 0.3 is 6.03 Å². The molecule has 4 aromatic rings. The number of aromatic nitrogens is 3. The van der Waals surface area contributed by atoms with Crippen LogP contribution in [0.25, 0.3) is 5.69 Å². The topological polar surface area (TPSA) is 122 Å². The molecular weight excluding hydrogens is 463 g/mol. The Morgan fingerprint density at radius 1 is 1.03 bits per heavy atom. The molecule has 0 aliphatic heterocycles. The fourth-order valence-corrected chi connectivity index (χ4v) is 3.54. The summed E-state index contributed by atoms with van der Waals surface area (Å²) in [6.45, 7) is 5.96. The highest BCUT2D eigenvalue weighted by Gasteiger charge is 2.28. The molecule has 2 amide bonds. The van der Waals surface area contributed by atoms with Gasteiger partial charge in [-0.15, -0.1) is 0 Å². The molecule has 0 aliphatic rings. The molecule has 2 aromatic carbocycles. The van der Waals surface area contributed by atoms with Crippen LogP contribution in [0, 0.1) is 5.82 Å². The van der Waals surface area contributed by atoms with Crippen molar-refractivity contribution in [2.24, 2.45) is 5.73 Å². The van der Waals surface area contributed by atoms with Gasteiger partial charge in [-0.25, -0.2) is 23.8 Å². The number of benzene rings is 2. The molecule has 2 heterocycles. The van der Waals surface area contributed by atoms with Crippen LogP contribution in [0.4, 0.5) is 26.5 Å². The van der Waals surface area contributed by atoms with Gasteiger partial charge in [-0.1, -0.05) is 26.8 Å². The summed E-state index contributed by atoms with van der Waals surface area (Å²) in [6.07, 6.45) is 1.48. The Kier molecular flexibility index (Phi) is 6.52. The van der Waals surface area contributed by atoms with Gasteiger partial charge in [-0.05, 0) is 30.3 Å². The summed E-state index contributed by atoms with van der Waals surface area (Å²) in [6, 6.07) is 15.2. The van der Waals surface area contributed by atoms with E-state index in [1.807, 2.05) is 20.8 Å². The van der Waals surface area contributed by atoms with E-state index < -0.39 is 11.8 Å². The highest BCUT2D eigenvalue weighted by atomic mass is 19.1. The minimum atomic E-state index is -0.881. The number of nitrogens with zero attached hydrogens (tertiary/aromatic N) is 4. The summed E-state index contributed by atoms with van der Waals surface area (Å²) >= 11 is 0. The molecule has 0 spiro atoms. The second kappa shape index (κ2) is 9.57. The average molecular weight is 491 g/mol. The lowest BCUT2D eigenvalue weighted by Crippen LogP contribution is -2.33. The summed E-state index contributed by atoms with van der Waals surface area (Å²) in [5, 5.41) is 4.71. The molecule has 4 rings (SSSR count). The molecule has 2 aromatic heterocycles. The van der Waals surface area contributed by atoms with Crippen molar-refractivity contribution in [1.82, 2.24) is 14.8 Å². The van der Waals surface area contributed by atoms with E-state index in [1.165, 1.54) is 35.1 Å². The summed E-state index contributed by atoms with van der Waals surface area (Å²) < 4.78 is 28.0. The van der Waals surface area contributed by atoms with Gasteiger partial charge in [-0.2, -0.15) is 5.10 Å². The van der Waals surface area contributed by atoms with Crippen LogP contribution in [0.1, 0.15) is 26.5 Å². The molecule has 10 heteroatoms. The third kappa shape index (κ3) is 5.07. The quantitative estimate of drug-likeness (QED) is 0.378. The first-order valence-corrected chi connectivity index (χ1v) is 11.1. The van der Waals surface area contributed by atoms with Crippen LogP contribution in [0.2, 0.25) is 0 Å². The molecule has 0 saturated carbocycles. The number of hydrogen-bond acceptors (Lipinski definition) is 6. The number of urea groups is 1. The minimum absolute atomic E-state index is 0.0615. The summed E-state index contributed by atoms with van der Waals surface area (Å²) in [4.78, 5) is 17.7. The molecule has 0 fully saturated rings. The minimum Gasteiger partial charge on any atom is -0.497 e. The van der Waals surface area contributed by atoms with Crippen molar-refractivity contribution in [3.8, 4) is 22.9 Å². The number of amides is 2. The van der Waals surface area contributed by atoms with E-state index >= 15 is 4.39 Å². The number of carbonyl (C=O) groups excluding carboxylic acids is 1. The fourth-order valence-electron chi connectivity index (χ4n) is 3.54. The van der Waals surface area contributed by atoms with Crippen molar-refractivity contribution in [2.75, 3.05) is 17.7 Å². The number of hydrogen-bond donors (Lipinski definition) is 2. The first-order chi connectivity index (χ1) is 17.1. The number of rotatable bonds is 6. The Balaban J connectivity index is 1.80. The normalized spacial score (nSPS) is 11.2. The van der Waals surface area contributed by atoms with Crippen molar-refractivity contribution < 1.29 is 18.7 Å². The number of nitrogen functional groups attached to an aromatic ring is 1. The number of pyridine rings is 1. The maximum absolute atomic E-state index is 15.4. The highest BCUT2D eigenvalue weighted by Crippen LogP contribution is 2.36. The maximum atomic E-state index is 15.4. The molecule has 0 aliphatic carbocycles. The lowest BCUT2D eigenvalue weighted by atomic mass is 9.92. The van der Waals surface area contributed by atoms with Crippen LogP contribution in [-0.4, -0.2) is 27.9 Å². The zero-order chi connectivity index (χ0) is 26.0. The second-order valence-corrected chi connectivity index (χ2v) is 9.06. The van der Waals surface area contributed by atoms with Crippen molar-refractivity contribution in [2.45, 2.75) is 26.2 Å². The first-order valence-electron chi connectivity index (χ1n) is 11.1. The van der Waals surface area contributed by atoms with Crippen LogP contribution >= 0.6 is 0 Å². The Hall–Kier alpha value is -4.60. The predicted molar refractivity (Wildman–Crippen MR) is 136 cm³/mol. The lowest BCUT2D eigenvalue weighted by molar-refractivity contribution is 0.255. The van der Waals surface area contributed by atoms with Crippen molar-refractivity contribution >= 4 is 23.4 Å². The largest absolute Gasteiger partial charge is 0.497 e. The van der Waals surface area contributed by atoms with Crippen LogP contribution < -0.4 is 25.8 Å². The number of ether oxygens (including phenoxy) is 2. The molecule has 0 radical (unpaired) electrons. The lowest BCUT2D eigenvalue weighted by Gasteiger charge is -2.22. The van der Waals surface area contributed by atoms with Gasteiger partial charge in [0.25, 0.3) is 0 Å². The Morgan fingerprint density at radius 3 is 2.42 bits per heavy atom. The Morgan fingerprint density at radius 2 is 1.78 bits per heavy atom. The van der Waals surface area contributed by atoms with E-state index in [0.29, 0.717) is 22.9 Å². The smallest absolute Gasteiger partial charge is 0.325 e. The van der Waals surface area contributed by atoms with Crippen LogP contribution in [0.5, 0.6) is 17.2 Å². The van der Waals surface area contributed by atoms with E-state index in [0.717, 1.165) is 4.90 Å². The van der Waals surface area contributed by atoms with Gasteiger partial charge < -0.3 is 20.9 Å². The highest BCUT2D eigenvalue weighted by molar-refractivity contribution is 5.98. The number of anilines is 3. The zero-order valence-corrected chi connectivity index (χ0v) is 20.4. The molecule has 0 saturated heterocycles. The molecule has 4 N–H and O–H groups in total. The Bertz CT molecular complexity index is 1410. The monoisotopic (exact) mass is 490 g/mol.